The first kappa shape index (κ1) is 13.0. The fraction of sp³-hybridized carbons (Fsp3) is 0.231. The van der Waals surface area contributed by atoms with E-state index >= 15 is 0 Å². The zero-order chi connectivity index (χ0) is 13.9. The highest BCUT2D eigenvalue weighted by Crippen LogP contribution is 2.24. The lowest BCUT2D eigenvalue weighted by molar-refractivity contribution is 0.156. The Labute approximate surface area is 119 Å². The molecule has 3 rings (SSSR count). The van der Waals surface area contributed by atoms with Crippen LogP contribution in [0.1, 0.15) is 11.5 Å². The average Bonchev–Trinajstić information content (AvgIpc) is 3.02. The molecule has 0 unspecified atom stereocenters. The molecule has 0 atom stereocenters. The predicted octanol–water partition coefficient (Wildman–Crippen LogP) is 2.57. The Hall–Kier alpha value is -1.99. The Kier molecular flexibility index (Phi) is 3.62. The lowest BCUT2D eigenvalue weighted by Gasteiger charge is -1.92. The second-order valence-corrected chi connectivity index (χ2v) is 5.29. The number of nitrogens with two attached hydrogens (primary N) is 1. The van der Waals surface area contributed by atoms with Crippen LogP contribution in [0.5, 0.6) is 0 Å². The van der Waals surface area contributed by atoms with Gasteiger partial charge in [0.1, 0.15) is 6.61 Å². The van der Waals surface area contributed by atoms with Crippen LogP contribution in [-0.4, -0.2) is 22.2 Å². The number of nitrogen functional groups attached to an aromatic ring is 1. The molecule has 0 saturated heterocycles. The molecule has 104 valence electrons. The van der Waals surface area contributed by atoms with Crippen molar-refractivity contribution < 1.29 is 9.26 Å². The number of methoxy groups -OCH3 is 1. The highest BCUT2D eigenvalue weighted by Gasteiger charge is 2.07. The number of nitrogens with zero attached hydrogens (tertiary/aromatic N) is 2. The number of aromatic nitrogens is 3. The van der Waals surface area contributed by atoms with Crippen LogP contribution in [0.25, 0.3) is 11.0 Å². The molecule has 0 amide bonds. The van der Waals surface area contributed by atoms with Gasteiger partial charge in [-0.25, -0.2) is 4.98 Å². The van der Waals surface area contributed by atoms with Gasteiger partial charge >= 0.3 is 0 Å². The first-order valence-corrected chi connectivity index (χ1v) is 7.04. The summed E-state index contributed by atoms with van der Waals surface area (Å²) < 4.78 is 10.1. The molecule has 0 fully saturated rings. The van der Waals surface area contributed by atoms with Crippen LogP contribution in [0.2, 0.25) is 0 Å². The molecule has 0 spiro atoms. The van der Waals surface area contributed by atoms with Gasteiger partial charge in [-0.3, -0.25) is 0 Å². The Bertz CT molecular complexity index is 722. The van der Waals surface area contributed by atoms with Crippen LogP contribution in [0.3, 0.4) is 0 Å². The summed E-state index contributed by atoms with van der Waals surface area (Å²) >= 11 is 1.57. The number of nitrogens with one attached hydrogen (secondary N) is 1. The van der Waals surface area contributed by atoms with E-state index in [0.717, 1.165) is 33.3 Å². The third kappa shape index (κ3) is 2.78. The van der Waals surface area contributed by atoms with E-state index in [0.29, 0.717) is 12.4 Å². The number of hydrogen-bond acceptors (Lipinski definition) is 6. The summed E-state index contributed by atoms with van der Waals surface area (Å²) in [4.78, 5) is 7.71. The summed E-state index contributed by atoms with van der Waals surface area (Å²) in [7, 11) is 1.62. The van der Waals surface area contributed by atoms with Crippen molar-refractivity contribution in [2.75, 3.05) is 12.8 Å². The van der Waals surface area contributed by atoms with Crippen molar-refractivity contribution in [3.05, 3.63) is 35.7 Å². The molecular formula is C13H14N4O2S. The van der Waals surface area contributed by atoms with E-state index < -0.39 is 0 Å². The second kappa shape index (κ2) is 5.56. The number of benzene rings is 1. The van der Waals surface area contributed by atoms with Gasteiger partial charge in [0.15, 0.2) is 10.9 Å². The minimum atomic E-state index is 0.432. The number of hydrogen-bond donors (Lipinski definition) is 2. The summed E-state index contributed by atoms with van der Waals surface area (Å²) in [5.41, 5.74) is 9.17. The Balaban J connectivity index is 1.69. The fourth-order valence-electron chi connectivity index (χ4n) is 1.85. The molecule has 2 aromatic heterocycles. The van der Waals surface area contributed by atoms with Crippen molar-refractivity contribution in [1.82, 2.24) is 15.1 Å². The second-order valence-electron chi connectivity index (χ2n) is 4.32. The van der Waals surface area contributed by atoms with E-state index in [1.165, 1.54) is 0 Å². The Morgan fingerprint density at radius 3 is 3.15 bits per heavy atom. The molecule has 20 heavy (non-hydrogen) atoms. The quantitative estimate of drug-likeness (QED) is 0.554. The molecule has 2 heterocycles. The van der Waals surface area contributed by atoms with Crippen LogP contribution < -0.4 is 5.73 Å². The van der Waals surface area contributed by atoms with Crippen molar-refractivity contribution >= 4 is 28.5 Å². The standard InChI is InChI=1S/C13H14N4O2S/c1-18-6-10-5-9(17-19-10)7-20-13-15-11-3-2-8(14)4-12(11)16-13/h2-5H,6-7,14H2,1H3,(H,15,16). The summed E-state index contributed by atoms with van der Waals surface area (Å²) in [6, 6.07) is 7.50. The first-order chi connectivity index (χ1) is 9.74. The van der Waals surface area contributed by atoms with E-state index in [1.807, 2.05) is 24.3 Å². The summed E-state index contributed by atoms with van der Waals surface area (Å²) in [6.45, 7) is 0.432. The van der Waals surface area contributed by atoms with Gasteiger partial charge in [-0.15, -0.1) is 0 Å². The van der Waals surface area contributed by atoms with Gasteiger partial charge in [0.05, 0.1) is 16.7 Å². The normalized spacial score (nSPS) is 11.2. The average molecular weight is 290 g/mol. The number of fused-ring (bicyclic) bond motifs is 1. The highest BCUT2D eigenvalue weighted by atomic mass is 32.2. The minimum Gasteiger partial charge on any atom is -0.399 e. The number of anilines is 1. The van der Waals surface area contributed by atoms with Gasteiger partial charge in [-0.1, -0.05) is 16.9 Å². The Morgan fingerprint density at radius 1 is 1.40 bits per heavy atom. The minimum absolute atomic E-state index is 0.432. The van der Waals surface area contributed by atoms with Crippen LogP contribution in [0.4, 0.5) is 5.69 Å². The molecule has 0 radical (unpaired) electrons. The van der Waals surface area contributed by atoms with Crippen molar-refractivity contribution in [2.24, 2.45) is 0 Å². The molecule has 0 aliphatic rings. The maximum Gasteiger partial charge on any atom is 0.166 e. The SMILES string of the molecule is COCc1cc(CSc2nc3ccc(N)cc3[nH]2)no1. The largest absolute Gasteiger partial charge is 0.399 e. The molecule has 1 aromatic carbocycles. The van der Waals surface area contributed by atoms with E-state index in [4.69, 9.17) is 15.0 Å². The lowest BCUT2D eigenvalue weighted by Crippen LogP contribution is -1.83. The molecule has 3 aromatic rings. The van der Waals surface area contributed by atoms with Crippen molar-refractivity contribution in [1.29, 1.82) is 0 Å². The highest BCUT2D eigenvalue weighted by molar-refractivity contribution is 7.98. The van der Waals surface area contributed by atoms with E-state index in [2.05, 4.69) is 15.1 Å². The molecular weight excluding hydrogens is 276 g/mol. The maximum absolute atomic E-state index is 5.74. The van der Waals surface area contributed by atoms with E-state index in [1.54, 1.807) is 18.9 Å². The number of aromatic amines is 1. The monoisotopic (exact) mass is 290 g/mol. The summed E-state index contributed by atoms with van der Waals surface area (Å²) in [5.74, 6) is 1.41. The predicted molar refractivity (Wildman–Crippen MR) is 77.3 cm³/mol. The zero-order valence-corrected chi connectivity index (χ0v) is 11.7. The van der Waals surface area contributed by atoms with Crippen LogP contribution in [-0.2, 0) is 17.1 Å². The van der Waals surface area contributed by atoms with Gasteiger partial charge in [-0.2, -0.15) is 0 Å². The third-order valence-electron chi connectivity index (χ3n) is 2.74. The topological polar surface area (TPSA) is 90.0 Å². The molecule has 0 saturated carbocycles. The molecule has 0 aliphatic heterocycles. The third-order valence-corrected chi connectivity index (χ3v) is 3.64. The van der Waals surface area contributed by atoms with E-state index in [9.17, 15) is 0 Å². The van der Waals surface area contributed by atoms with Crippen molar-refractivity contribution in [3.63, 3.8) is 0 Å². The summed E-state index contributed by atoms with van der Waals surface area (Å²) in [5, 5.41) is 4.82. The molecule has 0 bridgehead atoms. The van der Waals surface area contributed by atoms with Gasteiger partial charge in [0, 0.05) is 24.6 Å². The molecule has 7 heteroatoms. The van der Waals surface area contributed by atoms with Gasteiger partial charge in [0.2, 0.25) is 0 Å². The number of ether oxygens (including phenoxy) is 1. The van der Waals surface area contributed by atoms with Crippen LogP contribution >= 0.6 is 11.8 Å². The zero-order valence-electron chi connectivity index (χ0n) is 10.9. The summed E-state index contributed by atoms with van der Waals surface area (Å²) in [6.07, 6.45) is 0. The number of thioether (sulfide) groups is 1. The lowest BCUT2D eigenvalue weighted by atomic mass is 10.3. The molecule has 6 nitrogen and oxygen atoms in total. The van der Waals surface area contributed by atoms with Crippen LogP contribution in [0, 0.1) is 0 Å². The Morgan fingerprint density at radius 2 is 2.30 bits per heavy atom. The van der Waals surface area contributed by atoms with Crippen LogP contribution in [0.15, 0.2) is 33.9 Å². The van der Waals surface area contributed by atoms with Gasteiger partial charge < -0.3 is 20.0 Å². The number of H-pyrrole nitrogens is 1. The van der Waals surface area contributed by atoms with Crippen molar-refractivity contribution in [3.8, 4) is 0 Å². The van der Waals surface area contributed by atoms with E-state index in [-0.39, 0.29) is 0 Å². The molecule has 3 N–H and O–H groups in total. The maximum atomic E-state index is 5.74. The number of rotatable bonds is 5. The van der Waals surface area contributed by atoms with Gasteiger partial charge in [0.25, 0.3) is 0 Å². The first-order valence-electron chi connectivity index (χ1n) is 6.06. The van der Waals surface area contributed by atoms with Gasteiger partial charge in [-0.05, 0) is 18.2 Å². The molecule has 0 aliphatic carbocycles. The smallest absolute Gasteiger partial charge is 0.166 e. The number of imidazole rings is 1. The fourth-order valence-corrected chi connectivity index (χ4v) is 2.61. The van der Waals surface area contributed by atoms with Crippen molar-refractivity contribution in [2.45, 2.75) is 17.5 Å².